The Morgan fingerprint density at radius 3 is 0.865 bits per heavy atom. The van der Waals surface area contributed by atoms with E-state index in [-0.39, 0.29) is 12.2 Å². The molecule has 0 spiro atoms. The normalized spacial score (nSPS) is 13.7. The maximum absolute atomic E-state index is 13.0. The molecule has 0 aromatic heterocycles. The van der Waals surface area contributed by atoms with Crippen LogP contribution in [-0.4, -0.2) is 20.6 Å². The van der Waals surface area contributed by atoms with Crippen molar-refractivity contribution in [3.05, 3.63) is 0 Å². The number of hydrogen-bond donors (Lipinski definition) is 0. The Hall–Kier alpha value is -0.130. The van der Waals surface area contributed by atoms with Gasteiger partial charge >= 0.3 is 10.4 Å². The van der Waals surface area contributed by atoms with Crippen LogP contribution >= 0.6 is 0 Å². The van der Waals surface area contributed by atoms with Gasteiger partial charge < -0.3 is 0 Å². The lowest BCUT2D eigenvalue weighted by atomic mass is 10.0. The highest BCUT2D eigenvalue weighted by Gasteiger charge is 2.24. The molecule has 0 radical (unpaired) electrons. The number of rotatable bonds is 30. The molecule has 0 aliphatic rings. The molecule has 2 atom stereocenters. The molecular weight excluding hydrogens is 480 g/mol. The van der Waals surface area contributed by atoms with E-state index in [1.54, 1.807) is 0 Å². The molecule has 0 aliphatic carbocycles. The van der Waals surface area contributed by atoms with Crippen molar-refractivity contribution in [2.24, 2.45) is 0 Å². The van der Waals surface area contributed by atoms with Gasteiger partial charge in [-0.2, -0.15) is 8.42 Å². The maximum Gasteiger partial charge on any atom is 0.400 e. The zero-order valence-electron chi connectivity index (χ0n) is 25.6. The van der Waals surface area contributed by atoms with Crippen molar-refractivity contribution in [2.45, 2.75) is 207 Å². The van der Waals surface area contributed by atoms with Crippen LogP contribution in [0.1, 0.15) is 195 Å². The van der Waals surface area contributed by atoms with Crippen LogP contribution < -0.4 is 0 Å². The third-order valence-corrected chi connectivity index (χ3v) is 8.54. The monoisotopic (exact) mass is 546 g/mol. The van der Waals surface area contributed by atoms with Crippen LogP contribution in [0.5, 0.6) is 0 Å². The van der Waals surface area contributed by atoms with Crippen LogP contribution in [0, 0.1) is 0 Å². The van der Waals surface area contributed by atoms with E-state index in [1.807, 2.05) is 0 Å². The van der Waals surface area contributed by atoms with Crippen molar-refractivity contribution in [3.8, 4) is 0 Å². The summed E-state index contributed by atoms with van der Waals surface area (Å²) in [6.45, 7) is 8.90. The summed E-state index contributed by atoms with van der Waals surface area (Å²) in [6, 6.07) is 0. The van der Waals surface area contributed by atoms with Crippen molar-refractivity contribution >= 4 is 10.4 Å². The minimum Gasteiger partial charge on any atom is -0.245 e. The molecule has 37 heavy (non-hydrogen) atoms. The van der Waals surface area contributed by atoms with Crippen molar-refractivity contribution in [2.75, 3.05) is 0 Å². The summed E-state index contributed by atoms with van der Waals surface area (Å²) in [6.07, 6.45) is 29.2. The summed E-state index contributed by atoms with van der Waals surface area (Å²) < 4.78 is 37.5. The zero-order valence-corrected chi connectivity index (χ0v) is 26.4. The molecule has 0 rings (SSSR count). The van der Waals surface area contributed by atoms with Crippen molar-refractivity contribution in [3.63, 3.8) is 0 Å². The lowest BCUT2D eigenvalue weighted by molar-refractivity contribution is 0.101. The first-order chi connectivity index (χ1) is 18.0. The maximum atomic E-state index is 13.0. The van der Waals surface area contributed by atoms with Gasteiger partial charge in [0, 0.05) is 0 Å². The van der Waals surface area contributed by atoms with Crippen LogP contribution in [-0.2, 0) is 18.8 Å². The standard InChI is InChI=1S/C32H66O4S/c1-5-9-13-17-19-21-25-29-31(27-23-15-11-7-3)35-37(33,34)36-32(28-24-16-12-8-4)30-26-22-20-18-14-10-6-2/h31-32H,5-30H2,1-4H3. The van der Waals surface area contributed by atoms with Gasteiger partial charge in [-0.3, -0.25) is 0 Å². The van der Waals surface area contributed by atoms with Gasteiger partial charge in [0.2, 0.25) is 0 Å². The van der Waals surface area contributed by atoms with E-state index in [2.05, 4.69) is 27.7 Å². The molecule has 0 saturated carbocycles. The van der Waals surface area contributed by atoms with E-state index in [4.69, 9.17) is 8.37 Å². The van der Waals surface area contributed by atoms with Gasteiger partial charge in [-0.05, 0) is 25.7 Å². The SMILES string of the molecule is CCCCCCCCCC(CCCCCC)OS(=O)(=O)OC(CCCCCC)CCCCCCCCC. The van der Waals surface area contributed by atoms with E-state index >= 15 is 0 Å². The molecule has 0 amide bonds. The van der Waals surface area contributed by atoms with E-state index in [9.17, 15) is 8.42 Å². The molecule has 0 aromatic carbocycles. The molecule has 0 N–H and O–H groups in total. The van der Waals surface area contributed by atoms with Crippen molar-refractivity contribution < 1.29 is 16.8 Å². The van der Waals surface area contributed by atoms with E-state index in [0.717, 1.165) is 77.0 Å². The molecule has 0 aromatic rings. The van der Waals surface area contributed by atoms with Gasteiger partial charge in [-0.25, -0.2) is 8.37 Å². The van der Waals surface area contributed by atoms with Crippen molar-refractivity contribution in [1.82, 2.24) is 0 Å². The number of unbranched alkanes of at least 4 members (excludes halogenated alkanes) is 18. The Labute approximate surface area is 233 Å². The van der Waals surface area contributed by atoms with Gasteiger partial charge in [-0.15, -0.1) is 0 Å². The summed E-state index contributed by atoms with van der Waals surface area (Å²) >= 11 is 0. The van der Waals surface area contributed by atoms with Crippen LogP contribution in [0.15, 0.2) is 0 Å². The van der Waals surface area contributed by atoms with Crippen molar-refractivity contribution in [1.29, 1.82) is 0 Å². The Kier molecular flexibility index (Phi) is 27.3. The highest BCUT2D eigenvalue weighted by atomic mass is 32.3. The lowest BCUT2D eigenvalue weighted by Crippen LogP contribution is -2.25. The van der Waals surface area contributed by atoms with Crippen LogP contribution in [0.4, 0.5) is 0 Å². The first-order valence-corrected chi connectivity index (χ1v) is 17.9. The second-order valence-corrected chi connectivity index (χ2v) is 12.6. The summed E-state index contributed by atoms with van der Waals surface area (Å²) in [4.78, 5) is 0. The van der Waals surface area contributed by atoms with E-state index in [1.165, 1.54) is 89.9 Å². The van der Waals surface area contributed by atoms with Gasteiger partial charge in [0.1, 0.15) is 0 Å². The summed E-state index contributed by atoms with van der Waals surface area (Å²) in [5, 5.41) is 0. The van der Waals surface area contributed by atoms with Gasteiger partial charge in [0.15, 0.2) is 0 Å². The Morgan fingerprint density at radius 2 is 0.595 bits per heavy atom. The minimum atomic E-state index is -3.97. The van der Waals surface area contributed by atoms with Crippen LogP contribution in [0.3, 0.4) is 0 Å². The molecule has 0 bridgehead atoms. The summed E-state index contributed by atoms with van der Waals surface area (Å²) in [5.41, 5.74) is 0. The second kappa shape index (κ2) is 27.4. The predicted molar refractivity (Wildman–Crippen MR) is 161 cm³/mol. The molecular formula is C32H66O4S. The van der Waals surface area contributed by atoms with Crippen LogP contribution in [0.2, 0.25) is 0 Å². The average Bonchev–Trinajstić information content (AvgIpc) is 2.87. The third kappa shape index (κ3) is 25.9. The van der Waals surface area contributed by atoms with E-state index < -0.39 is 10.4 Å². The first-order valence-electron chi connectivity index (χ1n) is 16.6. The molecule has 224 valence electrons. The quantitative estimate of drug-likeness (QED) is 0.0840. The van der Waals surface area contributed by atoms with Gasteiger partial charge in [-0.1, -0.05) is 169 Å². The summed E-state index contributed by atoms with van der Waals surface area (Å²) in [5.74, 6) is 0. The minimum absolute atomic E-state index is 0.239. The molecule has 0 aliphatic heterocycles. The Bertz CT molecular complexity index is 507. The zero-order chi connectivity index (χ0) is 27.5. The molecule has 0 fully saturated rings. The third-order valence-electron chi connectivity index (χ3n) is 7.53. The second-order valence-electron chi connectivity index (χ2n) is 11.4. The fourth-order valence-electron chi connectivity index (χ4n) is 5.09. The molecule has 0 saturated heterocycles. The molecule has 4 nitrogen and oxygen atoms in total. The van der Waals surface area contributed by atoms with Gasteiger partial charge in [0.25, 0.3) is 0 Å². The lowest BCUT2D eigenvalue weighted by Gasteiger charge is -2.21. The van der Waals surface area contributed by atoms with E-state index in [0.29, 0.717) is 0 Å². The van der Waals surface area contributed by atoms with Gasteiger partial charge in [0.05, 0.1) is 12.2 Å². The number of hydrogen-bond acceptors (Lipinski definition) is 4. The fourth-order valence-corrected chi connectivity index (χ4v) is 6.19. The van der Waals surface area contributed by atoms with Crippen LogP contribution in [0.25, 0.3) is 0 Å². The first kappa shape index (κ1) is 36.9. The molecule has 2 unspecified atom stereocenters. The summed E-state index contributed by atoms with van der Waals surface area (Å²) in [7, 11) is -3.97. The highest BCUT2D eigenvalue weighted by molar-refractivity contribution is 7.81. The largest absolute Gasteiger partial charge is 0.400 e. The Morgan fingerprint density at radius 1 is 0.378 bits per heavy atom. The smallest absolute Gasteiger partial charge is 0.245 e. The molecule has 0 heterocycles. The predicted octanol–water partition coefficient (Wildman–Crippen LogP) is 11.2. The fraction of sp³-hybridized carbons (Fsp3) is 1.00. The topological polar surface area (TPSA) is 52.6 Å². The molecule has 5 heteroatoms. The Balaban J connectivity index is 4.75. The highest BCUT2D eigenvalue weighted by Crippen LogP contribution is 2.23. The average molecular weight is 547 g/mol.